The third kappa shape index (κ3) is 6.32. The van der Waals surface area contributed by atoms with Gasteiger partial charge in [0.15, 0.2) is 0 Å². The number of halogens is 3. The quantitative estimate of drug-likeness (QED) is 0.364. The molecular weight excluding hydrogens is 477 g/mol. The van der Waals surface area contributed by atoms with Crippen molar-refractivity contribution in [2.45, 2.75) is 17.6 Å². The maximum atomic E-state index is 13.7. The van der Waals surface area contributed by atoms with Crippen LogP contribution in [0.15, 0.2) is 59.6 Å². The van der Waals surface area contributed by atoms with Crippen LogP contribution in [0.4, 0.5) is 36.1 Å². The van der Waals surface area contributed by atoms with Crippen LogP contribution in [-0.4, -0.2) is 44.7 Å². The predicted octanol–water partition coefficient (Wildman–Crippen LogP) is 6.02. The first kappa shape index (κ1) is 25.0. The van der Waals surface area contributed by atoms with Crippen LogP contribution in [0.1, 0.15) is 11.1 Å². The highest BCUT2D eigenvalue weighted by Crippen LogP contribution is 2.37. The Morgan fingerprint density at radius 1 is 1.09 bits per heavy atom. The molecule has 0 atom stereocenters. The number of methoxy groups -OCH3 is 1. The minimum Gasteiger partial charge on any atom is -0.494 e. The third-order valence-corrected chi connectivity index (χ3v) is 6.38. The van der Waals surface area contributed by atoms with Crippen LogP contribution in [0, 0.1) is 0 Å². The summed E-state index contributed by atoms with van der Waals surface area (Å²) in [5.74, 6) is 0.842. The number of ether oxygens (including phenoxy) is 2. The van der Waals surface area contributed by atoms with Gasteiger partial charge in [0, 0.05) is 48.5 Å². The molecule has 4 rings (SSSR count). The SMILES string of the molecule is COc1cc(N2CCOCC2)ccc1Nc1cc(NCc2cccc(SC)c2)c(C(F)(F)F)cn1. The molecule has 0 saturated carbocycles. The summed E-state index contributed by atoms with van der Waals surface area (Å²) in [4.78, 5) is 7.26. The number of nitrogens with one attached hydrogen (secondary N) is 2. The van der Waals surface area contributed by atoms with Crippen molar-refractivity contribution in [3.8, 4) is 5.75 Å². The second-order valence-electron chi connectivity index (χ2n) is 7.93. The van der Waals surface area contributed by atoms with E-state index >= 15 is 0 Å². The van der Waals surface area contributed by atoms with Gasteiger partial charge in [-0.25, -0.2) is 4.98 Å². The van der Waals surface area contributed by atoms with Crippen molar-refractivity contribution < 1.29 is 22.6 Å². The molecule has 0 spiro atoms. The molecule has 3 aromatic rings. The Balaban J connectivity index is 1.56. The number of thioether (sulfide) groups is 1. The standard InChI is InChI=1S/C25H27F3N4O2S/c1-33-23-13-18(32-8-10-34-11-9-32)6-7-21(23)31-24-14-22(20(16-30-24)25(26,27)28)29-15-17-4-3-5-19(12-17)35-2/h3-7,12-14,16H,8-11,15H2,1-2H3,(H2,29,30,31). The lowest BCUT2D eigenvalue weighted by molar-refractivity contribution is -0.137. The zero-order valence-corrected chi connectivity index (χ0v) is 20.3. The van der Waals surface area contributed by atoms with Gasteiger partial charge < -0.3 is 25.0 Å². The second kappa shape index (κ2) is 11.1. The number of hydrogen-bond acceptors (Lipinski definition) is 7. The van der Waals surface area contributed by atoms with Crippen molar-refractivity contribution in [1.29, 1.82) is 0 Å². The van der Waals surface area contributed by atoms with E-state index in [0.29, 0.717) is 24.7 Å². The molecule has 1 fully saturated rings. The molecule has 1 aromatic heterocycles. The molecule has 35 heavy (non-hydrogen) atoms. The lowest BCUT2D eigenvalue weighted by atomic mass is 10.2. The molecule has 2 heterocycles. The van der Waals surface area contributed by atoms with Crippen molar-refractivity contribution in [2.24, 2.45) is 0 Å². The fourth-order valence-corrected chi connectivity index (χ4v) is 4.30. The number of nitrogens with zero attached hydrogens (tertiary/aromatic N) is 2. The maximum absolute atomic E-state index is 13.7. The van der Waals surface area contributed by atoms with Crippen LogP contribution >= 0.6 is 11.8 Å². The van der Waals surface area contributed by atoms with Crippen molar-refractivity contribution in [2.75, 3.05) is 55.2 Å². The summed E-state index contributed by atoms with van der Waals surface area (Å²) in [6.45, 7) is 3.14. The third-order valence-electron chi connectivity index (χ3n) is 5.65. The van der Waals surface area contributed by atoms with Crippen molar-refractivity contribution in [3.05, 3.63) is 65.9 Å². The van der Waals surface area contributed by atoms with Gasteiger partial charge in [0.2, 0.25) is 0 Å². The Bertz CT molecular complexity index is 1150. The Labute approximate surface area is 206 Å². The maximum Gasteiger partial charge on any atom is 0.419 e. The molecule has 10 heteroatoms. The molecule has 1 aliphatic rings. The molecule has 2 aromatic carbocycles. The number of benzene rings is 2. The van der Waals surface area contributed by atoms with Gasteiger partial charge in [-0.2, -0.15) is 13.2 Å². The smallest absolute Gasteiger partial charge is 0.419 e. The summed E-state index contributed by atoms with van der Waals surface area (Å²) in [7, 11) is 1.56. The Morgan fingerprint density at radius 2 is 1.89 bits per heavy atom. The average molecular weight is 505 g/mol. The number of pyridine rings is 1. The van der Waals surface area contributed by atoms with Gasteiger partial charge in [-0.3, -0.25) is 0 Å². The first-order chi connectivity index (χ1) is 16.9. The summed E-state index contributed by atoms with van der Waals surface area (Å²) in [5.41, 5.74) is 1.62. The van der Waals surface area contributed by atoms with E-state index in [1.165, 1.54) is 6.07 Å². The number of rotatable bonds is 8. The van der Waals surface area contributed by atoms with Crippen LogP contribution in [0.25, 0.3) is 0 Å². The average Bonchev–Trinajstić information content (AvgIpc) is 2.87. The first-order valence-electron chi connectivity index (χ1n) is 11.1. The molecule has 0 radical (unpaired) electrons. The fraction of sp³-hybridized carbons (Fsp3) is 0.320. The summed E-state index contributed by atoms with van der Waals surface area (Å²) in [6, 6.07) is 14.7. The minimum absolute atomic E-state index is 0.0477. The second-order valence-corrected chi connectivity index (χ2v) is 8.81. The monoisotopic (exact) mass is 504 g/mol. The summed E-state index contributed by atoms with van der Waals surface area (Å²) in [6.07, 6.45) is -1.74. The highest BCUT2D eigenvalue weighted by molar-refractivity contribution is 7.98. The Hall–Kier alpha value is -3.11. The van der Waals surface area contributed by atoms with E-state index in [0.717, 1.165) is 35.4 Å². The van der Waals surface area contributed by atoms with Gasteiger partial charge in [-0.15, -0.1) is 11.8 Å². The van der Waals surface area contributed by atoms with E-state index < -0.39 is 11.7 Å². The molecule has 6 nitrogen and oxygen atoms in total. The fourth-order valence-electron chi connectivity index (χ4n) is 3.81. The van der Waals surface area contributed by atoms with E-state index in [4.69, 9.17) is 9.47 Å². The van der Waals surface area contributed by atoms with Crippen LogP contribution in [-0.2, 0) is 17.5 Å². The topological polar surface area (TPSA) is 58.7 Å². The van der Waals surface area contributed by atoms with Crippen LogP contribution in [0.3, 0.4) is 0 Å². The molecular formula is C25H27F3N4O2S. The lowest BCUT2D eigenvalue weighted by Gasteiger charge is -2.29. The molecule has 0 aliphatic carbocycles. The largest absolute Gasteiger partial charge is 0.494 e. The van der Waals surface area contributed by atoms with E-state index in [-0.39, 0.29) is 18.1 Å². The van der Waals surface area contributed by atoms with Crippen molar-refractivity contribution in [3.63, 3.8) is 0 Å². The van der Waals surface area contributed by atoms with Gasteiger partial charge in [0.1, 0.15) is 11.6 Å². The van der Waals surface area contributed by atoms with Gasteiger partial charge in [0.25, 0.3) is 0 Å². The van der Waals surface area contributed by atoms with Crippen molar-refractivity contribution in [1.82, 2.24) is 4.98 Å². The summed E-state index contributed by atoms with van der Waals surface area (Å²) < 4.78 is 51.9. The molecule has 1 saturated heterocycles. The van der Waals surface area contributed by atoms with Crippen LogP contribution in [0.2, 0.25) is 0 Å². The molecule has 1 aliphatic heterocycles. The van der Waals surface area contributed by atoms with E-state index in [1.807, 2.05) is 48.7 Å². The van der Waals surface area contributed by atoms with Gasteiger partial charge in [-0.1, -0.05) is 12.1 Å². The molecule has 0 amide bonds. The zero-order chi connectivity index (χ0) is 24.8. The summed E-state index contributed by atoms with van der Waals surface area (Å²) >= 11 is 1.58. The van der Waals surface area contributed by atoms with Gasteiger partial charge >= 0.3 is 6.18 Å². The number of morpholine rings is 1. The highest BCUT2D eigenvalue weighted by Gasteiger charge is 2.34. The van der Waals surface area contributed by atoms with Gasteiger partial charge in [0.05, 0.1) is 37.3 Å². The van der Waals surface area contributed by atoms with Gasteiger partial charge in [-0.05, 0) is 36.1 Å². The van der Waals surface area contributed by atoms with Crippen molar-refractivity contribution >= 4 is 34.6 Å². The van der Waals surface area contributed by atoms with Crippen LogP contribution < -0.4 is 20.3 Å². The molecule has 0 unspecified atom stereocenters. The van der Waals surface area contributed by atoms with Crippen LogP contribution in [0.5, 0.6) is 5.75 Å². The molecule has 186 valence electrons. The Kier molecular flexibility index (Phi) is 7.92. The first-order valence-corrected chi connectivity index (χ1v) is 12.3. The highest BCUT2D eigenvalue weighted by atomic mass is 32.2. The zero-order valence-electron chi connectivity index (χ0n) is 19.5. The molecule has 0 bridgehead atoms. The molecule has 2 N–H and O–H groups in total. The number of hydrogen-bond donors (Lipinski definition) is 2. The van der Waals surface area contributed by atoms with E-state index in [1.54, 1.807) is 18.9 Å². The predicted molar refractivity (Wildman–Crippen MR) is 134 cm³/mol. The number of aromatic nitrogens is 1. The normalized spacial score (nSPS) is 14.0. The minimum atomic E-state index is -4.54. The van der Waals surface area contributed by atoms with E-state index in [9.17, 15) is 13.2 Å². The number of anilines is 4. The number of alkyl halides is 3. The summed E-state index contributed by atoms with van der Waals surface area (Å²) in [5, 5.41) is 6.03. The lowest BCUT2D eigenvalue weighted by Crippen LogP contribution is -2.36. The Morgan fingerprint density at radius 3 is 2.60 bits per heavy atom. The van der Waals surface area contributed by atoms with E-state index in [2.05, 4.69) is 20.5 Å².